The molecule has 0 bridgehead atoms. The molecule has 0 aliphatic carbocycles. The Morgan fingerprint density at radius 2 is 2.11 bits per heavy atom. The molecule has 1 aromatic rings. The van der Waals surface area contributed by atoms with Crippen molar-refractivity contribution in [2.75, 3.05) is 13.1 Å². The zero-order valence-corrected chi connectivity index (χ0v) is 11.2. The Kier molecular flexibility index (Phi) is 4.37. The Morgan fingerprint density at radius 1 is 1.39 bits per heavy atom. The van der Waals surface area contributed by atoms with Gasteiger partial charge in [-0.05, 0) is 38.8 Å². The normalized spacial score (nSPS) is 21.3. The number of carbonyl (C=O) groups excluding carboxylic acids is 1. The molecule has 1 unspecified atom stereocenters. The molecule has 18 heavy (non-hydrogen) atoms. The monoisotopic (exact) mass is 246 g/mol. The van der Waals surface area contributed by atoms with E-state index in [4.69, 9.17) is 0 Å². The molecule has 98 valence electrons. The van der Waals surface area contributed by atoms with Gasteiger partial charge in [0.2, 0.25) is 5.91 Å². The molecule has 1 fully saturated rings. The third-order valence-corrected chi connectivity index (χ3v) is 3.60. The van der Waals surface area contributed by atoms with Gasteiger partial charge in [-0.2, -0.15) is 0 Å². The van der Waals surface area contributed by atoms with Crippen LogP contribution in [0.25, 0.3) is 0 Å². The molecule has 1 amide bonds. The van der Waals surface area contributed by atoms with Gasteiger partial charge in [0.25, 0.3) is 0 Å². The number of nitrogens with one attached hydrogen (secondary N) is 2. The minimum absolute atomic E-state index is 0.0834. The van der Waals surface area contributed by atoms with Crippen molar-refractivity contribution in [2.45, 2.75) is 32.7 Å². The highest BCUT2D eigenvalue weighted by Gasteiger charge is 2.22. The molecule has 3 nitrogen and oxygen atoms in total. The van der Waals surface area contributed by atoms with Gasteiger partial charge in [0, 0.05) is 6.54 Å². The lowest BCUT2D eigenvalue weighted by Crippen LogP contribution is -2.41. The second kappa shape index (κ2) is 6.01. The highest BCUT2D eigenvalue weighted by Crippen LogP contribution is 2.16. The van der Waals surface area contributed by atoms with Crippen LogP contribution in [-0.4, -0.2) is 19.0 Å². The standard InChI is InChI=1S/C15H22N2O/c1-11-5-7-13(8-6-11)12(2)17-15(18)14-4-3-9-16-10-14/h5-8,12,14,16H,3-4,9-10H2,1-2H3,(H,17,18)/t12-,14?/m0/s1. The lowest BCUT2D eigenvalue weighted by atomic mass is 9.98. The maximum atomic E-state index is 12.1. The minimum Gasteiger partial charge on any atom is -0.349 e. The first-order chi connectivity index (χ1) is 8.66. The van der Waals surface area contributed by atoms with Crippen LogP contribution in [0.2, 0.25) is 0 Å². The predicted octanol–water partition coefficient (Wildman–Crippen LogP) is 2.17. The third-order valence-electron chi connectivity index (χ3n) is 3.60. The maximum absolute atomic E-state index is 12.1. The van der Waals surface area contributed by atoms with E-state index in [-0.39, 0.29) is 17.9 Å². The summed E-state index contributed by atoms with van der Waals surface area (Å²) in [4.78, 5) is 12.1. The van der Waals surface area contributed by atoms with Crippen LogP contribution in [0.5, 0.6) is 0 Å². The van der Waals surface area contributed by atoms with Crippen LogP contribution >= 0.6 is 0 Å². The zero-order chi connectivity index (χ0) is 13.0. The van der Waals surface area contributed by atoms with Crippen LogP contribution in [-0.2, 0) is 4.79 Å². The summed E-state index contributed by atoms with van der Waals surface area (Å²) in [7, 11) is 0. The van der Waals surface area contributed by atoms with E-state index in [9.17, 15) is 4.79 Å². The molecule has 1 heterocycles. The fourth-order valence-corrected chi connectivity index (χ4v) is 2.35. The van der Waals surface area contributed by atoms with Crippen LogP contribution in [0.4, 0.5) is 0 Å². The van der Waals surface area contributed by atoms with Crippen molar-refractivity contribution in [1.29, 1.82) is 0 Å². The summed E-state index contributed by atoms with van der Waals surface area (Å²) < 4.78 is 0. The lowest BCUT2D eigenvalue weighted by molar-refractivity contribution is -0.126. The van der Waals surface area contributed by atoms with Gasteiger partial charge in [0.15, 0.2) is 0 Å². The summed E-state index contributed by atoms with van der Waals surface area (Å²) in [5.41, 5.74) is 2.41. The molecule has 1 aliphatic rings. The SMILES string of the molecule is Cc1ccc([C@H](C)NC(=O)C2CCCNC2)cc1. The van der Waals surface area contributed by atoms with E-state index in [1.807, 2.05) is 6.92 Å². The van der Waals surface area contributed by atoms with Gasteiger partial charge in [-0.15, -0.1) is 0 Å². The van der Waals surface area contributed by atoms with Gasteiger partial charge in [0.1, 0.15) is 0 Å². The maximum Gasteiger partial charge on any atom is 0.224 e. The summed E-state index contributed by atoms with van der Waals surface area (Å²) in [6.45, 7) is 5.96. The van der Waals surface area contributed by atoms with E-state index in [0.717, 1.165) is 31.5 Å². The molecule has 2 atom stereocenters. The Labute approximate surface area is 109 Å². The summed E-state index contributed by atoms with van der Waals surface area (Å²) in [6.07, 6.45) is 2.09. The molecule has 1 saturated heterocycles. The molecule has 0 saturated carbocycles. The van der Waals surface area contributed by atoms with E-state index < -0.39 is 0 Å². The number of benzene rings is 1. The van der Waals surface area contributed by atoms with Crippen molar-refractivity contribution in [3.05, 3.63) is 35.4 Å². The molecule has 1 aromatic carbocycles. The predicted molar refractivity (Wildman–Crippen MR) is 73.3 cm³/mol. The van der Waals surface area contributed by atoms with Gasteiger partial charge in [-0.25, -0.2) is 0 Å². The number of piperidine rings is 1. The number of hydrogen-bond acceptors (Lipinski definition) is 2. The Bertz CT molecular complexity index is 393. The molecule has 0 radical (unpaired) electrons. The quantitative estimate of drug-likeness (QED) is 0.858. The van der Waals surface area contributed by atoms with E-state index in [1.165, 1.54) is 5.56 Å². The second-order valence-electron chi connectivity index (χ2n) is 5.18. The van der Waals surface area contributed by atoms with E-state index in [1.54, 1.807) is 0 Å². The summed E-state index contributed by atoms with van der Waals surface area (Å²) >= 11 is 0. The van der Waals surface area contributed by atoms with Crippen LogP contribution in [0.3, 0.4) is 0 Å². The molecule has 2 N–H and O–H groups in total. The topological polar surface area (TPSA) is 41.1 Å². The van der Waals surface area contributed by atoms with Gasteiger partial charge >= 0.3 is 0 Å². The molecular formula is C15H22N2O. The van der Waals surface area contributed by atoms with Gasteiger partial charge in [0.05, 0.1) is 12.0 Å². The van der Waals surface area contributed by atoms with E-state index in [2.05, 4.69) is 41.8 Å². The molecule has 2 rings (SSSR count). The van der Waals surface area contributed by atoms with Crippen molar-refractivity contribution in [3.63, 3.8) is 0 Å². The van der Waals surface area contributed by atoms with Gasteiger partial charge < -0.3 is 10.6 Å². The highest BCUT2D eigenvalue weighted by atomic mass is 16.1. The fraction of sp³-hybridized carbons (Fsp3) is 0.533. The summed E-state index contributed by atoms with van der Waals surface area (Å²) in [5, 5.41) is 6.38. The number of carbonyl (C=O) groups is 1. The number of rotatable bonds is 3. The smallest absolute Gasteiger partial charge is 0.224 e. The fourth-order valence-electron chi connectivity index (χ4n) is 2.35. The zero-order valence-electron chi connectivity index (χ0n) is 11.2. The van der Waals surface area contributed by atoms with Crippen molar-refractivity contribution in [1.82, 2.24) is 10.6 Å². The Morgan fingerprint density at radius 3 is 2.72 bits per heavy atom. The van der Waals surface area contributed by atoms with Gasteiger partial charge in [-0.3, -0.25) is 4.79 Å². The van der Waals surface area contributed by atoms with Gasteiger partial charge in [-0.1, -0.05) is 29.8 Å². The third kappa shape index (κ3) is 3.33. The van der Waals surface area contributed by atoms with Crippen LogP contribution < -0.4 is 10.6 Å². The average molecular weight is 246 g/mol. The average Bonchev–Trinajstić information content (AvgIpc) is 2.40. The number of aryl methyl sites for hydroxylation is 1. The van der Waals surface area contributed by atoms with Crippen LogP contribution in [0.1, 0.15) is 36.9 Å². The van der Waals surface area contributed by atoms with E-state index in [0.29, 0.717) is 0 Å². The van der Waals surface area contributed by atoms with Crippen molar-refractivity contribution >= 4 is 5.91 Å². The summed E-state index contributed by atoms with van der Waals surface area (Å²) in [5.74, 6) is 0.307. The van der Waals surface area contributed by atoms with E-state index >= 15 is 0 Å². The highest BCUT2D eigenvalue weighted by molar-refractivity contribution is 5.79. The lowest BCUT2D eigenvalue weighted by Gasteiger charge is -2.24. The van der Waals surface area contributed by atoms with Crippen molar-refractivity contribution in [3.8, 4) is 0 Å². The van der Waals surface area contributed by atoms with Crippen LogP contribution in [0.15, 0.2) is 24.3 Å². The Balaban J connectivity index is 1.91. The molecule has 3 heteroatoms. The first-order valence-corrected chi connectivity index (χ1v) is 6.74. The molecular weight excluding hydrogens is 224 g/mol. The molecule has 1 aliphatic heterocycles. The first kappa shape index (κ1) is 13.1. The minimum atomic E-state index is 0.0834. The Hall–Kier alpha value is -1.35. The largest absolute Gasteiger partial charge is 0.349 e. The summed E-state index contributed by atoms with van der Waals surface area (Å²) in [6, 6.07) is 8.42. The van der Waals surface area contributed by atoms with Crippen LogP contribution in [0, 0.1) is 12.8 Å². The molecule has 0 spiro atoms. The second-order valence-corrected chi connectivity index (χ2v) is 5.18. The first-order valence-electron chi connectivity index (χ1n) is 6.74. The number of amides is 1. The van der Waals surface area contributed by atoms with Crippen molar-refractivity contribution in [2.24, 2.45) is 5.92 Å². The van der Waals surface area contributed by atoms with Crippen molar-refractivity contribution < 1.29 is 4.79 Å². The number of hydrogen-bond donors (Lipinski definition) is 2. The molecule has 0 aromatic heterocycles.